The predicted octanol–water partition coefficient (Wildman–Crippen LogP) is 2.20. The Labute approximate surface area is 131 Å². The topological polar surface area (TPSA) is 74.8 Å². The normalized spacial score (nSPS) is 24.8. The summed E-state index contributed by atoms with van der Waals surface area (Å²) in [6.45, 7) is -0.0595. The van der Waals surface area contributed by atoms with E-state index >= 15 is 0 Å². The lowest BCUT2D eigenvalue weighted by atomic mass is 9.71. The standard InChI is InChI=1S/C14H20F3N5O/c15-14(16,17)10-4-7-22(9-10)11(23)8-13(5-2-1-3-6-13)12-18-20-21-19-12/h10H,1-9H2,(H,18,19,20,21). The molecule has 6 nitrogen and oxygen atoms in total. The summed E-state index contributed by atoms with van der Waals surface area (Å²) in [5, 5.41) is 14.1. The van der Waals surface area contributed by atoms with Crippen molar-refractivity contribution < 1.29 is 18.0 Å². The minimum Gasteiger partial charge on any atom is -0.342 e. The fraction of sp³-hybridized carbons (Fsp3) is 0.857. The van der Waals surface area contributed by atoms with E-state index in [0.717, 1.165) is 32.1 Å². The molecule has 9 heteroatoms. The number of carbonyl (C=O) groups is 1. The van der Waals surface area contributed by atoms with E-state index in [1.165, 1.54) is 4.90 Å². The maximum absolute atomic E-state index is 12.8. The van der Waals surface area contributed by atoms with Crippen molar-refractivity contribution in [2.45, 2.75) is 56.5 Å². The summed E-state index contributed by atoms with van der Waals surface area (Å²) in [5.41, 5.74) is -0.487. The lowest BCUT2D eigenvalue weighted by molar-refractivity contribution is -0.171. The predicted molar refractivity (Wildman–Crippen MR) is 74.3 cm³/mol. The minimum absolute atomic E-state index is 0.00947. The van der Waals surface area contributed by atoms with Crippen molar-refractivity contribution in [2.75, 3.05) is 13.1 Å². The van der Waals surface area contributed by atoms with E-state index in [9.17, 15) is 18.0 Å². The van der Waals surface area contributed by atoms with Gasteiger partial charge >= 0.3 is 6.18 Å². The number of rotatable bonds is 3. The summed E-state index contributed by atoms with van der Waals surface area (Å²) in [4.78, 5) is 13.9. The number of aromatic amines is 1. The van der Waals surface area contributed by atoms with Crippen molar-refractivity contribution in [1.82, 2.24) is 25.5 Å². The number of hydrogen-bond acceptors (Lipinski definition) is 4. The smallest absolute Gasteiger partial charge is 0.342 e. The van der Waals surface area contributed by atoms with Crippen LogP contribution in [0.1, 0.15) is 50.8 Å². The van der Waals surface area contributed by atoms with Crippen molar-refractivity contribution in [3.8, 4) is 0 Å². The number of halogens is 3. The van der Waals surface area contributed by atoms with Crippen molar-refractivity contribution in [2.24, 2.45) is 5.92 Å². The third kappa shape index (κ3) is 3.32. The van der Waals surface area contributed by atoms with Gasteiger partial charge in [0.25, 0.3) is 0 Å². The van der Waals surface area contributed by atoms with Crippen molar-refractivity contribution >= 4 is 5.91 Å². The summed E-state index contributed by atoms with van der Waals surface area (Å²) in [6.07, 6.45) is 0.490. The highest BCUT2D eigenvalue weighted by atomic mass is 19.4. The van der Waals surface area contributed by atoms with Crippen LogP contribution < -0.4 is 0 Å². The molecule has 2 fully saturated rings. The van der Waals surface area contributed by atoms with Crippen LogP contribution in [0.4, 0.5) is 13.2 Å². The second kappa shape index (κ2) is 6.09. The molecule has 1 amide bonds. The number of likely N-dealkylation sites (tertiary alicyclic amines) is 1. The Kier molecular flexibility index (Phi) is 4.29. The first-order valence-electron chi connectivity index (χ1n) is 7.99. The van der Waals surface area contributed by atoms with Crippen molar-refractivity contribution in [3.05, 3.63) is 5.82 Å². The summed E-state index contributed by atoms with van der Waals surface area (Å²) in [7, 11) is 0. The van der Waals surface area contributed by atoms with Crippen LogP contribution in [0, 0.1) is 5.92 Å². The molecule has 1 saturated carbocycles. The number of nitrogens with one attached hydrogen (secondary N) is 1. The number of amides is 1. The zero-order chi connectivity index (χ0) is 16.5. The molecule has 0 radical (unpaired) electrons. The summed E-state index contributed by atoms with van der Waals surface area (Å²) < 4.78 is 38.4. The molecule has 1 saturated heterocycles. The molecule has 128 valence electrons. The van der Waals surface area contributed by atoms with Crippen LogP contribution in [-0.2, 0) is 10.2 Å². The SMILES string of the molecule is O=C(CC1(c2nn[nH]n2)CCCCC1)N1CCC(C(F)(F)F)C1. The van der Waals surface area contributed by atoms with E-state index < -0.39 is 17.5 Å². The van der Waals surface area contributed by atoms with Gasteiger partial charge in [-0.3, -0.25) is 4.79 Å². The number of hydrogen-bond donors (Lipinski definition) is 1. The fourth-order valence-electron chi connectivity index (χ4n) is 3.75. The molecule has 1 unspecified atom stereocenters. The van der Waals surface area contributed by atoms with Gasteiger partial charge in [0, 0.05) is 24.9 Å². The molecule has 3 rings (SSSR count). The highest BCUT2D eigenvalue weighted by molar-refractivity contribution is 5.78. The van der Waals surface area contributed by atoms with Gasteiger partial charge in [-0.25, -0.2) is 0 Å². The third-order valence-electron chi connectivity index (χ3n) is 5.12. The quantitative estimate of drug-likeness (QED) is 0.921. The highest BCUT2D eigenvalue weighted by Gasteiger charge is 2.46. The first kappa shape index (κ1) is 16.2. The molecule has 23 heavy (non-hydrogen) atoms. The van der Waals surface area contributed by atoms with Gasteiger partial charge in [-0.05, 0) is 19.3 Å². The van der Waals surface area contributed by atoms with E-state index in [4.69, 9.17) is 0 Å². The Hall–Kier alpha value is -1.67. The zero-order valence-corrected chi connectivity index (χ0v) is 12.8. The van der Waals surface area contributed by atoms with E-state index in [1.54, 1.807) is 0 Å². The monoisotopic (exact) mass is 331 g/mol. The van der Waals surface area contributed by atoms with Gasteiger partial charge in [-0.1, -0.05) is 24.5 Å². The van der Waals surface area contributed by atoms with Gasteiger partial charge in [-0.2, -0.15) is 18.4 Å². The first-order chi connectivity index (χ1) is 10.9. The zero-order valence-electron chi connectivity index (χ0n) is 12.8. The molecule has 2 aliphatic rings. The van der Waals surface area contributed by atoms with Crippen LogP contribution in [0.2, 0.25) is 0 Å². The Morgan fingerprint density at radius 1 is 1.30 bits per heavy atom. The van der Waals surface area contributed by atoms with Crippen LogP contribution in [0.3, 0.4) is 0 Å². The molecule has 1 aliphatic heterocycles. The average Bonchev–Trinajstić information content (AvgIpc) is 3.19. The van der Waals surface area contributed by atoms with E-state index in [-0.39, 0.29) is 31.8 Å². The maximum atomic E-state index is 12.8. The molecule has 1 aromatic rings. The summed E-state index contributed by atoms with van der Waals surface area (Å²) >= 11 is 0. The Morgan fingerprint density at radius 3 is 2.61 bits per heavy atom. The average molecular weight is 331 g/mol. The number of nitrogens with zero attached hydrogens (tertiary/aromatic N) is 4. The van der Waals surface area contributed by atoms with Crippen LogP contribution in [-0.4, -0.2) is 50.7 Å². The summed E-state index contributed by atoms with van der Waals surface area (Å²) in [6, 6.07) is 0. The number of H-pyrrole nitrogens is 1. The number of alkyl halides is 3. The molecule has 1 atom stereocenters. The number of carbonyl (C=O) groups excluding carboxylic acids is 1. The van der Waals surface area contributed by atoms with E-state index in [2.05, 4.69) is 20.6 Å². The number of aromatic nitrogens is 4. The molecule has 2 heterocycles. The van der Waals surface area contributed by atoms with Crippen LogP contribution in [0.5, 0.6) is 0 Å². The molecule has 1 N–H and O–H groups in total. The second-order valence-electron chi connectivity index (χ2n) is 6.62. The molecular formula is C14H20F3N5O. The van der Waals surface area contributed by atoms with Gasteiger partial charge < -0.3 is 4.90 Å². The van der Waals surface area contributed by atoms with Crippen molar-refractivity contribution in [1.29, 1.82) is 0 Å². The van der Waals surface area contributed by atoms with Gasteiger partial charge in [0.1, 0.15) is 0 Å². The van der Waals surface area contributed by atoms with Crippen molar-refractivity contribution in [3.63, 3.8) is 0 Å². The molecule has 0 bridgehead atoms. The van der Waals surface area contributed by atoms with Gasteiger partial charge in [-0.15, -0.1) is 10.2 Å². The van der Waals surface area contributed by atoms with Crippen LogP contribution >= 0.6 is 0 Å². The maximum Gasteiger partial charge on any atom is 0.393 e. The lowest BCUT2D eigenvalue weighted by Gasteiger charge is -2.35. The molecule has 0 aromatic carbocycles. The van der Waals surface area contributed by atoms with Gasteiger partial charge in [0.15, 0.2) is 5.82 Å². The molecular weight excluding hydrogens is 311 g/mol. The Morgan fingerprint density at radius 2 is 2.04 bits per heavy atom. The third-order valence-corrected chi connectivity index (χ3v) is 5.12. The first-order valence-corrected chi connectivity index (χ1v) is 7.99. The van der Waals surface area contributed by atoms with E-state index in [0.29, 0.717) is 5.82 Å². The van der Waals surface area contributed by atoms with Crippen LogP contribution in [0.25, 0.3) is 0 Å². The number of tetrazole rings is 1. The summed E-state index contributed by atoms with van der Waals surface area (Å²) in [5.74, 6) is -1.13. The minimum atomic E-state index is -4.23. The molecule has 1 aromatic heterocycles. The van der Waals surface area contributed by atoms with Gasteiger partial charge in [0.2, 0.25) is 5.91 Å². The highest BCUT2D eigenvalue weighted by Crippen LogP contribution is 2.41. The Bertz CT molecular complexity index is 539. The Balaban J connectivity index is 1.70. The van der Waals surface area contributed by atoms with Gasteiger partial charge in [0.05, 0.1) is 5.92 Å². The lowest BCUT2D eigenvalue weighted by Crippen LogP contribution is -2.39. The molecule has 1 aliphatic carbocycles. The second-order valence-corrected chi connectivity index (χ2v) is 6.62. The molecule has 0 spiro atoms. The van der Waals surface area contributed by atoms with E-state index in [1.807, 2.05) is 0 Å². The van der Waals surface area contributed by atoms with Crippen LogP contribution in [0.15, 0.2) is 0 Å². The largest absolute Gasteiger partial charge is 0.393 e. The fourth-order valence-corrected chi connectivity index (χ4v) is 3.75.